The van der Waals surface area contributed by atoms with Crippen LogP contribution in [0.5, 0.6) is 0 Å². The Labute approximate surface area is 149 Å². The Morgan fingerprint density at radius 2 is 2.12 bits per heavy atom. The average Bonchev–Trinajstić information content (AvgIpc) is 3.33. The van der Waals surface area contributed by atoms with Gasteiger partial charge < -0.3 is 16.2 Å². The van der Waals surface area contributed by atoms with E-state index in [4.69, 9.17) is 10.8 Å². The molecule has 2 saturated carbocycles. The van der Waals surface area contributed by atoms with Crippen LogP contribution in [-0.4, -0.2) is 57.0 Å². The van der Waals surface area contributed by atoms with Crippen molar-refractivity contribution < 1.29 is 19.6 Å². The molecule has 0 radical (unpaired) electrons. The monoisotopic (exact) mass is 363 g/mol. The molecule has 1 aromatic heterocycles. The number of hydrogen-bond donors (Lipinski definition) is 3. The minimum Gasteiger partial charge on any atom is -0.480 e. The number of pyridine rings is 1. The fourth-order valence-electron chi connectivity index (χ4n) is 3.20. The summed E-state index contributed by atoms with van der Waals surface area (Å²) >= 11 is 0. The Kier molecular flexibility index (Phi) is 5.03. The zero-order chi connectivity index (χ0) is 18.8. The van der Waals surface area contributed by atoms with Crippen LogP contribution in [0.3, 0.4) is 0 Å². The number of carbonyl (C=O) groups excluding carboxylic acids is 1. The maximum absolute atomic E-state index is 11.6. The average molecular weight is 363 g/mol. The fourth-order valence-corrected chi connectivity index (χ4v) is 3.20. The highest BCUT2D eigenvalue weighted by Crippen LogP contribution is 2.35. The quantitative estimate of drug-likeness (QED) is 0.431. The number of amides is 1. The molecule has 2 fully saturated rings. The molecule has 0 aliphatic heterocycles. The Balaban J connectivity index is 1.61. The second-order valence-electron chi connectivity index (χ2n) is 6.94. The molecular weight excluding hydrogens is 342 g/mol. The molecule has 0 unspecified atom stereocenters. The van der Waals surface area contributed by atoms with E-state index in [1.165, 1.54) is 0 Å². The standard InChI is InChI=1S/C16H21N5O5/c17-15(24)13-5-12(21(25)26)6-18-16(13)19-10-3-11(4-10)20(8-14(22)23)7-9-1-2-9/h5-6,9-11H,1-4,7-8H2,(H2,17,24)(H,18,19)(H,22,23). The van der Waals surface area contributed by atoms with Crippen molar-refractivity contribution in [3.8, 4) is 0 Å². The number of nitro groups is 1. The van der Waals surface area contributed by atoms with E-state index < -0.39 is 16.8 Å². The van der Waals surface area contributed by atoms with E-state index in [0.717, 1.165) is 44.5 Å². The third-order valence-electron chi connectivity index (χ3n) is 4.85. The molecule has 10 heteroatoms. The molecule has 2 aliphatic rings. The molecule has 0 saturated heterocycles. The predicted octanol–water partition coefficient (Wildman–Crippen LogP) is 0.828. The van der Waals surface area contributed by atoms with Crippen molar-refractivity contribution in [2.24, 2.45) is 11.7 Å². The van der Waals surface area contributed by atoms with E-state index in [-0.39, 0.29) is 35.7 Å². The molecule has 0 atom stereocenters. The van der Waals surface area contributed by atoms with Crippen LogP contribution >= 0.6 is 0 Å². The van der Waals surface area contributed by atoms with Gasteiger partial charge in [-0.05, 0) is 31.6 Å². The van der Waals surface area contributed by atoms with Crippen LogP contribution in [0, 0.1) is 16.0 Å². The van der Waals surface area contributed by atoms with Crippen LogP contribution in [0.2, 0.25) is 0 Å². The van der Waals surface area contributed by atoms with Gasteiger partial charge in [0.2, 0.25) is 0 Å². The lowest BCUT2D eigenvalue weighted by molar-refractivity contribution is -0.385. The molecule has 1 heterocycles. The lowest BCUT2D eigenvalue weighted by Crippen LogP contribution is -2.52. The van der Waals surface area contributed by atoms with Crippen molar-refractivity contribution in [3.05, 3.63) is 27.9 Å². The lowest BCUT2D eigenvalue weighted by atomic mass is 9.85. The summed E-state index contributed by atoms with van der Waals surface area (Å²) in [5, 5.41) is 23.0. The van der Waals surface area contributed by atoms with Crippen molar-refractivity contribution in [2.75, 3.05) is 18.4 Å². The van der Waals surface area contributed by atoms with Gasteiger partial charge in [-0.15, -0.1) is 0 Å². The van der Waals surface area contributed by atoms with Crippen molar-refractivity contribution in [1.82, 2.24) is 9.88 Å². The fraction of sp³-hybridized carbons (Fsp3) is 0.562. The van der Waals surface area contributed by atoms with Gasteiger partial charge in [0.15, 0.2) is 0 Å². The number of carboxylic acids is 1. The minimum absolute atomic E-state index is 0.0163. The van der Waals surface area contributed by atoms with Crippen LogP contribution < -0.4 is 11.1 Å². The Morgan fingerprint density at radius 3 is 2.65 bits per heavy atom. The summed E-state index contributed by atoms with van der Waals surface area (Å²) < 4.78 is 0. The van der Waals surface area contributed by atoms with Crippen molar-refractivity contribution in [2.45, 2.75) is 37.8 Å². The van der Waals surface area contributed by atoms with E-state index in [2.05, 4.69) is 10.3 Å². The number of hydrogen-bond acceptors (Lipinski definition) is 7. The summed E-state index contributed by atoms with van der Waals surface area (Å²) in [6.45, 7) is 0.822. The molecule has 4 N–H and O–H groups in total. The van der Waals surface area contributed by atoms with Gasteiger partial charge in [0.05, 0.1) is 17.0 Å². The number of carbonyl (C=O) groups is 2. The van der Waals surface area contributed by atoms with Crippen LogP contribution in [0.4, 0.5) is 11.5 Å². The van der Waals surface area contributed by atoms with Crippen molar-refractivity contribution >= 4 is 23.4 Å². The van der Waals surface area contributed by atoms with E-state index in [0.29, 0.717) is 5.92 Å². The predicted molar refractivity (Wildman–Crippen MR) is 91.8 cm³/mol. The summed E-state index contributed by atoms with van der Waals surface area (Å²) in [6, 6.07) is 1.29. The molecule has 2 aliphatic carbocycles. The van der Waals surface area contributed by atoms with Crippen molar-refractivity contribution in [3.63, 3.8) is 0 Å². The zero-order valence-electron chi connectivity index (χ0n) is 14.1. The van der Waals surface area contributed by atoms with Gasteiger partial charge in [-0.3, -0.25) is 24.6 Å². The van der Waals surface area contributed by atoms with Gasteiger partial charge >= 0.3 is 5.97 Å². The number of nitrogens with one attached hydrogen (secondary N) is 1. The van der Waals surface area contributed by atoms with E-state index in [1.807, 2.05) is 4.90 Å². The number of primary amides is 1. The van der Waals surface area contributed by atoms with Gasteiger partial charge in [-0.25, -0.2) is 4.98 Å². The normalized spacial score (nSPS) is 21.9. The Morgan fingerprint density at radius 1 is 1.42 bits per heavy atom. The summed E-state index contributed by atoms with van der Waals surface area (Å²) in [4.78, 5) is 38.7. The van der Waals surface area contributed by atoms with Crippen LogP contribution in [0.15, 0.2) is 12.3 Å². The zero-order valence-corrected chi connectivity index (χ0v) is 14.1. The molecule has 0 aromatic carbocycles. The molecule has 10 nitrogen and oxygen atoms in total. The number of carboxylic acid groups (broad SMARTS) is 1. The van der Waals surface area contributed by atoms with E-state index >= 15 is 0 Å². The van der Waals surface area contributed by atoms with Gasteiger partial charge in [0.25, 0.3) is 11.6 Å². The third-order valence-corrected chi connectivity index (χ3v) is 4.85. The minimum atomic E-state index is -0.838. The second-order valence-corrected chi connectivity index (χ2v) is 6.94. The SMILES string of the molecule is NC(=O)c1cc([N+](=O)[O-])cnc1NC1CC(N(CC(=O)O)CC2CC2)C1. The Hall–Kier alpha value is -2.75. The number of nitrogens with zero attached hydrogens (tertiary/aromatic N) is 3. The van der Waals surface area contributed by atoms with Gasteiger partial charge in [-0.2, -0.15) is 0 Å². The molecule has 0 bridgehead atoms. The molecule has 1 amide bonds. The third kappa shape index (κ3) is 4.26. The smallest absolute Gasteiger partial charge is 0.317 e. The lowest BCUT2D eigenvalue weighted by Gasteiger charge is -2.43. The summed E-state index contributed by atoms with van der Waals surface area (Å²) in [5.74, 6) is -0.811. The van der Waals surface area contributed by atoms with Gasteiger partial charge in [0, 0.05) is 24.7 Å². The highest BCUT2D eigenvalue weighted by molar-refractivity contribution is 5.98. The van der Waals surface area contributed by atoms with Crippen molar-refractivity contribution in [1.29, 1.82) is 0 Å². The van der Waals surface area contributed by atoms with Crippen LogP contribution in [0.1, 0.15) is 36.0 Å². The van der Waals surface area contributed by atoms with Crippen LogP contribution in [-0.2, 0) is 4.79 Å². The number of rotatable bonds is 9. The van der Waals surface area contributed by atoms with E-state index in [1.54, 1.807) is 0 Å². The molecule has 0 spiro atoms. The first-order valence-corrected chi connectivity index (χ1v) is 8.50. The Bertz CT molecular complexity index is 730. The topological polar surface area (TPSA) is 152 Å². The van der Waals surface area contributed by atoms with Gasteiger partial charge in [-0.1, -0.05) is 0 Å². The maximum atomic E-state index is 11.6. The largest absolute Gasteiger partial charge is 0.480 e. The molecule has 140 valence electrons. The molecular formula is C16H21N5O5. The summed E-state index contributed by atoms with van der Waals surface area (Å²) in [5.41, 5.74) is 4.97. The summed E-state index contributed by atoms with van der Waals surface area (Å²) in [6.07, 6.45) is 4.82. The molecule has 1 aromatic rings. The number of anilines is 1. The van der Waals surface area contributed by atoms with Crippen LogP contribution in [0.25, 0.3) is 0 Å². The number of aliphatic carboxylic acids is 1. The number of nitrogens with two attached hydrogens (primary N) is 1. The first-order chi connectivity index (χ1) is 12.3. The first-order valence-electron chi connectivity index (χ1n) is 8.50. The van der Waals surface area contributed by atoms with Gasteiger partial charge in [0.1, 0.15) is 12.0 Å². The molecule has 3 rings (SSSR count). The van der Waals surface area contributed by atoms with E-state index in [9.17, 15) is 19.7 Å². The second kappa shape index (κ2) is 7.24. The highest BCUT2D eigenvalue weighted by Gasteiger charge is 2.37. The highest BCUT2D eigenvalue weighted by atomic mass is 16.6. The maximum Gasteiger partial charge on any atom is 0.317 e. The summed E-state index contributed by atoms with van der Waals surface area (Å²) in [7, 11) is 0. The molecule has 26 heavy (non-hydrogen) atoms. The first kappa shape index (κ1) is 18.1. The number of aromatic nitrogens is 1.